The summed E-state index contributed by atoms with van der Waals surface area (Å²) in [4.78, 5) is 48.6. The van der Waals surface area contributed by atoms with Crippen LogP contribution in [0.2, 0.25) is 0 Å². The Morgan fingerprint density at radius 2 is 1.42 bits per heavy atom. The predicted molar refractivity (Wildman–Crippen MR) is 110 cm³/mol. The van der Waals surface area contributed by atoms with Crippen molar-refractivity contribution in [1.29, 1.82) is 0 Å². The van der Waals surface area contributed by atoms with Crippen LogP contribution in [0.1, 0.15) is 20.7 Å². The maximum absolute atomic E-state index is 12.3. The molecule has 6 N–H and O–H groups in total. The lowest BCUT2D eigenvalue weighted by atomic mass is 10.1. The van der Waals surface area contributed by atoms with Gasteiger partial charge >= 0.3 is 11.9 Å². The fourth-order valence-corrected chi connectivity index (χ4v) is 2.48. The first-order valence-electron chi connectivity index (χ1n) is 9.14. The second-order valence-corrected chi connectivity index (χ2v) is 6.43. The van der Waals surface area contributed by atoms with Crippen LogP contribution in [0.4, 0.5) is 0 Å². The van der Waals surface area contributed by atoms with Gasteiger partial charge in [0.2, 0.25) is 0 Å². The van der Waals surface area contributed by atoms with Gasteiger partial charge in [0.15, 0.2) is 29.0 Å². The molecule has 2 aromatic carbocycles. The first-order valence-corrected chi connectivity index (χ1v) is 9.14. The number of nitrogens with one attached hydrogen (secondary N) is 2. The van der Waals surface area contributed by atoms with Crippen LogP contribution in [0, 0.1) is 0 Å². The second-order valence-electron chi connectivity index (χ2n) is 6.43. The van der Waals surface area contributed by atoms with Crippen molar-refractivity contribution in [3.05, 3.63) is 59.8 Å². The molecule has 0 radical (unpaired) electrons. The summed E-state index contributed by atoms with van der Waals surface area (Å²) >= 11 is 0. The smallest absolute Gasteiger partial charge is 0.354 e. The van der Waals surface area contributed by atoms with Crippen LogP contribution < -0.4 is 10.6 Å². The molecule has 0 heterocycles. The van der Waals surface area contributed by atoms with Crippen LogP contribution in [0.5, 0.6) is 23.0 Å². The number of amides is 2. The Labute approximate surface area is 186 Å². The zero-order chi connectivity index (χ0) is 24.7. The van der Waals surface area contributed by atoms with E-state index >= 15 is 0 Å². The van der Waals surface area contributed by atoms with E-state index in [9.17, 15) is 39.6 Å². The van der Waals surface area contributed by atoms with Gasteiger partial charge in [-0.3, -0.25) is 9.59 Å². The Bertz CT molecular complexity index is 1110. The van der Waals surface area contributed by atoms with Crippen molar-refractivity contribution in [2.75, 3.05) is 13.7 Å². The topological polar surface area (TPSA) is 192 Å². The van der Waals surface area contributed by atoms with Gasteiger partial charge in [0.1, 0.15) is 12.3 Å². The van der Waals surface area contributed by atoms with Gasteiger partial charge < -0.3 is 40.5 Å². The van der Waals surface area contributed by atoms with Gasteiger partial charge in [-0.1, -0.05) is 18.7 Å². The van der Waals surface area contributed by atoms with Gasteiger partial charge in [-0.25, -0.2) is 9.59 Å². The minimum absolute atomic E-state index is 0.338. The fourth-order valence-electron chi connectivity index (χ4n) is 2.48. The number of hydrogen-bond acceptors (Lipinski definition) is 10. The first kappa shape index (κ1) is 24.5. The third-order valence-electron chi connectivity index (χ3n) is 4.20. The normalized spacial score (nSPS) is 11.1. The SMILES string of the molecule is C=C(NC(=O)c1cccc(O)c1O)C(=O)OCC(NC(=O)c1cccc(O)c1O)C(=O)OC. The number of esters is 2. The summed E-state index contributed by atoms with van der Waals surface area (Å²) in [6.45, 7) is 2.60. The van der Waals surface area contributed by atoms with Gasteiger partial charge in [0.05, 0.1) is 18.2 Å². The molecule has 2 amide bonds. The van der Waals surface area contributed by atoms with Gasteiger partial charge in [0, 0.05) is 0 Å². The molecule has 0 bridgehead atoms. The van der Waals surface area contributed by atoms with Crippen molar-refractivity contribution < 1.29 is 49.1 Å². The Morgan fingerprint density at radius 3 is 1.94 bits per heavy atom. The van der Waals surface area contributed by atoms with Crippen molar-refractivity contribution in [3.63, 3.8) is 0 Å². The van der Waals surface area contributed by atoms with Crippen molar-refractivity contribution in [2.45, 2.75) is 6.04 Å². The fraction of sp³-hybridized carbons (Fsp3) is 0.143. The number of methoxy groups -OCH3 is 1. The summed E-state index contributed by atoms with van der Waals surface area (Å²) in [6, 6.07) is 5.72. The van der Waals surface area contributed by atoms with Crippen LogP contribution in [-0.4, -0.2) is 63.9 Å². The summed E-state index contributed by atoms with van der Waals surface area (Å²) in [5.41, 5.74) is -1.25. The number of hydrogen-bond donors (Lipinski definition) is 6. The number of carbonyl (C=O) groups is 4. The summed E-state index contributed by atoms with van der Waals surface area (Å²) in [6.07, 6.45) is 0. The molecule has 1 atom stereocenters. The number of para-hydroxylation sites is 2. The monoisotopic (exact) mass is 460 g/mol. The molecule has 0 spiro atoms. The molecule has 0 saturated carbocycles. The van der Waals surface area contributed by atoms with E-state index in [-0.39, 0.29) is 11.1 Å². The quantitative estimate of drug-likeness (QED) is 0.181. The molecule has 33 heavy (non-hydrogen) atoms. The van der Waals surface area contributed by atoms with E-state index < -0.39 is 65.1 Å². The molecule has 0 fully saturated rings. The maximum Gasteiger partial charge on any atom is 0.354 e. The molecule has 0 saturated heterocycles. The Hall–Kier alpha value is -4.74. The second kappa shape index (κ2) is 10.5. The number of aromatic hydroxyl groups is 4. The number of ether oxygens (including phenoxy) is 2. The third-order valence-corrected chi connectivity index (χ3v) is 4.20. The summed E-state index contributed by atoms with van der Waals surface area (Å²) in [7, 11) is 1.02. The summed E-state index contributed by atoms with van der Waals surface area (Å²) in [5, 5.41) is 42.7. The van der Waals surface area contributed by atoms with Gasteiger partial charge in [-0.2, -0.15) is 0 Å². The Balaban J connectivity index is 2.02. The van der Waals surface area contributed by atoms with Crippen LogP contribution >= 0.6 is 0 Å². The lowest BCUT2D eigenvalue weighted by molar-refractivity contribution is -0.148. The molecule has 0 aliphatic heterocycles. The Morgan fingerprint density at radius 1 is 0.909 bits per heavy atom. The molecular weight excluding hydrogens is 440 g/mol. The molecule has 0 aliphatic carbocycles. The van der Waals surface area contributed by atoms with Gasteiger partial charge in [-0.05, 0) is 24.3 Å². The lowest BCUT2D eigenvalue weighted by Crippen LogP contribution is -2.45. The Kier molecular flexibility index (Phi) is 7.82. The molecule has 12 nitrogen and oxygen atoms in total. The standard InChI is InChI=1S/C21H20N2O10/c1-10(22-18(28)11-5-3-7-14(24)16(11)26)20(30)33-9-13(21(31)32-2)23-19(29)12-6-4-8-15(25)17(12)27/h3-8,13,24-27H,1,9H2,2H3,(H,22,28)(H,23,29). The number of phenolic OH excluding ortho intramolecular Hbond substituents is 4. The first-order chi connectivity index (χ1) is 15.6. The highest BCUT2D eigenvalue weighted by Gasteiger charge is 2.27. The molecule has 2 aromatic rings. The molecular formula is C21H20N2O10. The highest BCUT2D eigenvalue weighted by molar-refractivity contribution is 6.03. The van der Waals surface area contributed by atoms with Crippen molar-refractivity contribution in [3.8, 4) is 23.0 Å². The number of rotatable bonds is 8. The number of carbonyl (C=O) groups excluding carboxylic acids is 4. The van der Waals surface area contributed by atoms with Crippen molar-refractivity contribution >= 4 is 23.8 Å². The molecule has 1 unspecified atom stereocenters. The van der Waals surface area contributed by atoms with Crippen LogP contribution in [0.3, 0.4) is 0 Å². The van der Waals surface area contributed by atoms with Crippen LogP contribution in [-0.2, 0) is 19.1 Å². The molecule has 2 rings (SSSR count). The number of phenols is 4. The highest BCUT2D eigenvalue weighted by atomic mass is 16.5. The van der Waals surface area contributed by atoms with E-state index in [1.807, 2.05) is 0 Å². The lowest BCUT2D eigenvalue weighted by Gasteiger charge is -2.17. The van der Waals surface area contributed by atoms with E-state index in [0.717, 1.165) is 19.2 Å². The average Bonchev–Trinajstić information content (AvgIpc) is 2.79. The van der Waals surface area contributed by atoms with Gasteiger partial charge in [-0.15, -0.1) is 0 Å². The maximum atomic E-state index is 12.3. The highest BCUT2D eigenvalue weighted by Crippen LogP contribution is 2.29. The third kappa shape index (κ3) is 5.91. The summed E-state index contributed by atoms with van der Waals surface area (Å²) in [5.74, 6) is -6.65. The zero-order valence-corrected chi connectivity index (χ0v) is 17.2. The van der Waals surface area contributed by atoms with Crippen molar-refractivity contribution in [2.24, 2.45) is 0 Å². The molecule has 0 aliphatic rings. The minimum atomic E-state index is -1.51. The zero-order valence-electron chi connectivity index (χ0n) is 17.2. The average molecular weight is 460 g/mol. The van der Waals surface area contributed by atoms with E-state index in [2.05, 4.69) is 21.9 Å². The molecule has 0 aromatic heterocycles. The van der Waals surface area contributed by atoms with E-state index in [1.165, 1.54) is 24.3 Å². The summed E-state index contributed by atoms with van der Waals surface area (Å²) < 4.78 is 9.42. The van der Waals surface area contributed by atoms with E-state index in [0.29, 0.717) is 0 Å². The molecule has 174 valence electrons. The largest absolute Gasteiger partial charge is 0.504 e. The van der Waals surface area contributed by atoms with E-state index in [1.54, 1.807) is 0 Å². The van der Waals surface area contributed by atoms with E-state index in [4.69, 9.17) is 4.74 Å². The predicted octanol–water partition coefficient (Wildman–Crippen LogP) is 0.267. The number of benzene rings is 2. The van der Waals surface area contributed by atoms with Crippen LogP contribution in [0.25, 0.3) is 0 Å². The van der Waals surface area contributed by atoms with Gasteiger partial charge in [0.25, 0.3) is 11.8 Å². The van der Waals surface area contributed by atoms with Crippen LogP contribution in [0.15, 0.2) is 48.7 Å². The molecule has 12 heteroatoms. The minimum Gasteiger partial charge on any atom is -0.504 e. The van der Waals surface area contributed by atoms with Crippen molar-refractivity contribution in [1.82, 2.24) is 10.6 Å².